The maximum absolute atomic E-state index is 12.6. The minimum absolute atomic E-state index is 0.0374. The predicted octanol–water partition coefficient (Wildman–Crippen LogP) is 3.16. The molecule has 0 saturated heterocycles. The lowest BCUT2D eigenvalue weighted by molar-refractivity contribution is 0.0467. The van der Waals surface area contributed by atoms with Crippen molar-refractivity contribution in [2.75, 3.05) is 0 Å². The molecule has 2 amide bonds. The van der Waals surface area contributed by atoms with Gasteiger partial charge in [-0.2, -0.15) is 0 Å². The Morgan fingerprint density at radius 1 is 0.912 bits per heavy atom. The molecular weight excluding hydrogens is 434 g/mol. The predicted molar refractivity (Wildman–Crippen MR) is 122 cm³/mol. The fourth-order valence-corrected chi connectivity index (χ4v) is 3.97. The van der Waals surface area contributed by atoms with Crippen LogP contribution < -0.4 is 5.56 Å². The Morgan fingerprint density at radius 3 is 2.38 bits per heavy atom. The summed E-state index contributed by atoms with van der Waals surface area (Å²) in [7, 11) is 0. The quantitative estimate of drug-likeness (QED) is 0.340. The normalized spacial score (nSPS) is 12.8. The molecule has 0 aliphatic carbocycles. The average molecular weight is 453 g/mol. The molecule has 0 N–H and O–H groups in total. The Labute approximate surface area is 194 Å². The van der Waals surface area contributed by atoms with Crippen molar-refractivity contribution in [3.63, 3.8) is 0 Å². The van der Waals surface area contributed by atoms with Crippen LogP contribution in [0.2, 0.25) is 0 Å². The highest BCUT2D eigenvalue weighted by molar-refractivity contribution is 6.21. The molecule has 2 aromatic heterocycles. The van der Waals surface area contributed by atoms with E-state index in [1.165, 1.54) is 10.5 Å². The highest BCUT2D eigenvalue weighted by Crippen LogP contribution is 2.24. The van der Waals surface area contributed by atoms with Crippen molar-refractivity contribution in [2.45, 2.75) is 20.1 Å². The Kier molecular flexibility index (Phi) is 5.25. The van der Waals surface area contributed by atoms with Gasteiger partial charge < -0.3 is 4.74 Å². The second-order valence-corrected chi connectivity index (χ2v) is 7.99. The first kappa shape index (κ1) is 21.3. The molecule has 0 unspecified atom stereocenters. The summed E-state index contributed by atoms with van der Waals surface area (Å²) in [4.78, 5) is 55.8. The van der Waals surface area contributed by atoms with Gasteiger partial charge in [-0.25, -0.2) is 9.78 Å². The Morgan fingerprint density at radius 2 is 1.65 bits per heavy atom. The number of benzene rings is 2. The van der Waals surface area contributed by atoms with E-state index in [0.29, 0.717) is 28.0 Å². The smallest absolute Gasteiger partial charge is 0.338 e. The third-order valence-corrected chi connectivity index (χ3v) is 5.67. The van der Waals surface area contributed by atoms with Crippen LogP contribution in [0.3, 0.4) is 0 Å². The van der Waals surface area contributed by atoms with E-state index in [0.717, 1.165) is 10.5 Å². The molecule has 1 aliphatic rings. The van der Waals surface area contributed by atoms with Gasteiger partial charge in [0.1, 0.15) is 12.3 Å². The molecule has 0 radical (unpaired) electrons. The van der Waals surface area contributed by atoms with Crippen LogP contribution in [0.25, 0.3) is 5.65 Å². The topological polar surface area (TPSA) is 98.0 Å². The van der Waals surface area contributed by atoms with E-state index < -0.39 is 5.97 Å². The Hall–Kier alpha value is -4.59. The molecule has 4 aromatic rings. The van der Waals surface area contributed by atoms with E-state index in [1.54, 1.807) is 60.8 Å². The van der Waals surface area contributed by atoms with Crippen molar-refractivity contribution in [3.8, 4) is 0 Å². The highest BCUT2D eigenvalue weighted by atomic mass is 16.5. The number of pyridine rings is 1. The van der Waals surface area contributed by atoms with E-state index in [1.807, 2.05) is 13.0 Å². The fourth-order valence-electron chi connectivity index (χ4n) is 3.97. The first-order valence-electron chi connectivity index (χ1n) is 10.6. The summed E-state index contributed by atoms with van der Waals surface area (Å²) in [5.74, 6) is -1.33. The number of carbonyl (C=O) groups excluding carboxylic acids is 3. The summed E-state index contributed by atoms with van der Waals surface area (Å²) in [6.07, 6.45) is 1.63. The molecule has 8 nitrogen and oxygen atoms in total. The first-order valence-corrected chi connectivity index (χ1v) is 10.6. The van der Waals surface area contributed by atoms with Crippen molar-refractivity contribution in [1.29, 1.82) is 0 Å². The maximum Gasteiger partial charge on any atom is 0.338 e. The molecule has 1 aliphatic heterocycles. The number of aryl methyl sites for hydroxylation is 1. The zero-order valence-corrected chi connectivity index (χ0v) is 18.2. The highest BCUT2D eigenvalue weighted by Gasteiger charge is 2.35. The zero-order valence-electron chi connectivity index (χ0n) is 18.2. The number of hydrogen-bond acceptors (Lipinski definition) is 6. The third-order valence-electron chi connectivity index (χ3n) is 5.67. The molecule has 0 bridgehead atoms. The van der Waals surface area contributed by atoms with Gasteiger partial charge in [0.25, 0.3) is 17.4 Å². The van der Waals surface area contributed by atoms with Crippen molar-refractivity contribution >= 4 is 23.4 Å². The van der Waals surface area contributed by atoms with E-state index in [9.17, 15) is 19.2 Å². The monoisotopic (exact) mass is 453 g/mol. The van der Waals surface area contributed by atoms with E-state index in [4.69, 9.17) is 4.74 Å². The second-order valence-electron chi connectivity index (χ2n) is 7.99. The van der Waals surface area contributed by atoms with Crippen LogP contribution in [0.5, 0.6) is 0 Å². The minimum Gasteiger partial charge on any atom is -0.456 e. The van der Waals surface area contributed by atoms with Crippen molar-refractivity contribution < 1.29 is 19.1 Å². The number of nitrogens with zero attached hydrogens (tertiary/aromatic N) is 3. The third kappa shape index (κ3) is 3.75. The van der Waals surface area contributed by atoms with Crippen LogP contribution in [-0.4, -0.2) is 32.1 Å². The van der Waals surface area contributed by atoms with E-state index in [-0.39, 0.29) is 36.1 Å². The summed E-state index contributed by atoms with van der Waals surface area (Å²) >= 11 is 0. The summed E-state index contributed by atoms with van der Waals surface area (Å²) in [6, 6.07) is 18.2. The lowest BCUT2D eigenvalue weighted by Crippen LogP contribution is -2.29. The molecule has 8 heteroatoms. The number of ether oxygens (including phenoxy) is 1. The van der Waals surface area contributed by atoms with Crippen LogP contribution in [-0.2, 0) is 17.9 Å². The van der Waals surface area contributed by atoms with Crippen molar-refractivity contribution in [2.24, 2.45) is 0 Å². The number of rotatable bonds is 5. The zero-order chi connectivity index (χ0) is 23.8. The lowest BCUT2D eigenvalue weighted by Gasteiger charge is -2.14. The van der Waals surface area contributed by atoms with Gasteiger partial charge >= 0.3 is 5.97 Å². The summed E-state index contributed by atoms with van der Waals surface area (Å²) in [5.41, 5.74) is 3.04. The van der Waals surface area contributed by atoms with Crippen LogP contribution in [0, 0.1) is 6.92 Å². The van der Waals surface area contributed by atoms with Crippen LogP contribution in [0.15, 0.2) is 77.7 Å². The van der Waals surface area contributed by atoms with E-state index in [2.05, 4.69) is 4.98 Å². The summed E-state index contributed by atoms with van der Waals surface area (Å²) in [5, 5.41) is 0. The summed E-state index contributed by atoms with van der Waals surface area (Å²) < 4.78 is 6.81. The van der Waals surface area contributed by atoms with Crippen LogP contribution >= 0.6 is 0 Å². The van der Waals surface area contributed by atoms with E-state index >= 15 is 0 Å². The number of amides is 2. The van der Waals surface area contributed by atoms with Gasteiger partial charge in [0, 0.05) is 12.3 Å². The molecule has 168 valence electrons. The number of fused-ring (bicyclic) bond motifs is 2. The molecule has 5 rings (SSSR count). The standard InChI is InChI=1S/C26H19N3O5/c1-16-6-5-11-28-22(30)13-19(27-23(16)28)15-34-26(33)18-8-4-7-17(12-18)14-29-24(31)20-9-2-3-10-21(20)25(29)32/h2-13H,14-15H2,1H3. The van der Waals surface area contributed by atoms with Crippen LogP contribution in [0.4, 0.5) is 0 Å². The first-order chi connectivity index (χ1) is 16.4. The SMILES string of the molecule is Cc1cccn2c(=O)cc(COC(=O)c3cccc(CN4C(=O)c5ccccc5C4=O)c3)nc12. The van der Waals surface area contributed by atoms with Crippen molar-refractivity contribution in [3.05, 3.63) is 117 Å². The Balaban J connectivity index is 1.31. The number of esters is 1. The van der Waals surface area contributed by atoms with Gasteiger partial charge in [0.05, 0.1) is 28.9 Å². The van der Waals surface area contributed by atoms with Crippen molar-refractivity contribution in [1.82, 2.24) is 14.3 Å². The molecule has 3 heterocycles. The maximum atomic E-state index is 12.6. The lowest BCUT2D eigenvalue weighted by atomic mass is 10.1. The average Bonchev–Trinajstić information content (AvgIpc) is 3.08. The van der Waals surface area contributed by atoms with Gasteiger partial charge in [-0.15, -0.1) is 0 Å². The van der Waals surface area contributed by atoms with Gasteiger partial charge in [-0.05, 0) is 48.4 Å². The number of aromatic nitrogens is 2. The van der Waals surface area contributed by atoms with Gasteiger partial charge in [0.15, 0.2) is 0 Å². The van der Waals surface area contributed by atoms with Gasteiger partial charge in [-0.3, -0.25) is 23.7 Å². The largest absolute Gasteiger partial charge is 0.456 e. The molecule has 0 saturated carbocycles. The van der Waals surface area contributed by atoms with Crippen LogP contribution in [0.1, 0.15) is 47.9 Å². The molecule has 34 heavy (non-hydrogen) atoms. The molecule has 2 aromatic carbocycles. The number of imide groups is 1. The van der Waals surface area contributed by atoms with Gasteiger partial charge in [0.2, 0.25) is 0 Å². The molecule has 0 fully saturated rings. The number of hydrogen-bond donors (Lipinski definition) is 0. The fraction of sp³-hybridized carbons (Fsp3) is 0.115. The van der Waals surface area contributed by atoms with Gasteiger partial charge in [-0.1, -0.05) is 30.3 Å². The second kappa shape index (κ2) is 8.40. The summed E-state index contributed by atoms with van der Waals surface area (Å²) in [6.45, 7) is 1.72. The molecule has 0 spiro atoms. The minimum atomic E-state index is -0.601. The molecular formula is C26H19N3O5. The number of carbonyl (C=O) groups is 3. The Bertz CT molecular complexity index is 1500. The molecule has 0 atom stereocenters.